The van der Waals surface area contributed by atoms with Crippen molar-refractivity contribution in [2.24, 2.45) is 0 Å². The molecule has 0 fully saturated rings. The lowest BCUT2D eigenvalue weighted by atomic mass is 10.0. The Morgan fingerprint density at radius 2 is 1.76 bits per heavy atom. The highest BCUT2D eigenvalue weighted by Gasteiger charge is 2.16. The van der Waals surface area contributed by atoms with Crippen molar-refractivity contribution in [1.82, 2.24) is 14.8 Å². The van der Waals surface area contributed by atoms with Gasteiger partial charge >= 0.3 is 0 Å². The SMILES string of the molecule is CCn1c(COc2cc(C)ccc2C(C)C)nnc1SCC(=O)Nc1c(C)cc(C)cc1C. The van der Waals surface area contributed by atoms with Crippen LogP contribution < -0.4 is 10.1 Å². The number of hydrogen-bond acceptors (Lipinski definition) is 5. The number of rotatable bonds is 9. The van der Waals surface area contributed by atoms with Crippen LogP contribution in [0.1, 0.15) is 60.3 Å². The molecule has 0 radical (unpaired) electrons. The van der Waals surface area contributed by atoms with Gasteiger partial charge in [-0.15, -0.1) is 10.2 Å². The number of thioether (sulfide) groups is 1. The van der Waals surface area contributed by atoms with E-state index in [4.69, 9.17) is 4.74 Å². The number of benzene rings is 2. The summed E-state index contributed by atoms with van der Waals surface area (Å²) in [5.41, 5.74) is 6.55. The quantitative estimate of drug-likeness (QED) is 0.394. The second kappa shape index (κ2) is 10.9. The molecule has 0 aliphatic rings. The number of anilines is 1. The first-order valence-electron chi connectivity index (χ1n) is 11.4. The number of carbonyl (C=O) groups excluding carboxylic acids is 1. The van der Waals surface area contributed by atoms with Gasteiger partial charge in [-0.25, -0.2) is 0 Å². The van der Waals surface area contributed by atoms with Crippen LogP contribution in [-0.4, -0.2) is 26.4 Å². The van der Waals surface area contributed by atoms with Crippen LogP contribution in [0.4, 0.5) is 5.69 Å². The lowest BCUT2D eigenvalue weighted by molar-refractivity contribution is -0.113. The molecular weight excluding hydrogens is 432 g/mol. The number of aryl methyl sites for hydroxylation is 4. The van der Waals surface area contributed by atoms with Gasteiger partial charge in [0.05, 0.1) is 5.75 Å². The van der Waals surface area contributed by atoms with Gasteiger partial charge in [-0.3, -0.25) is 4.79 Å². The maximum absolute atomic E-state index is 12.6. The first-order chi connectivity index (χ1) is 15.7. The zero-order valence-electron chi connectivity index (χ0n) is 20.7. The molecule has 0 bridgehead atoms. The highest BCUT2D eigenvalue weighted by atomic mass is 32.2. The summed E-state index contributed by atoms with van der Waals surface area (Å²) < 4.78 is 8.15. The molecule has 6 nitrogen and oxygen atoms in total. The van der Waals surface area contributed by atoms with Crippen LogP contribution in [0.5, 0.6) is 5.75 Å². The minimum atomic E-state index is -0.0557. The van der Waals surface area contributed by atoms with Gasteiger partial charge in [0.2, 0.25) is 5.91 Å². The summed E-state index contributed by atoms with van der Waals surface area (Å²) in [6.07, 6.45) is 0. The molecule has 1 amide bonds. The Balaban J connectivity index is 1.65. The number of hydrogen-bond donors (Lipinski definition) is 1. The second-order valence-corrected chi connectivity index (χ2v) is 9.68. The van der Waals surface area contributed by atoms with E-state index in [0.717, 1.165) is 39.1 Å². The summed E-state index contributed by atoms with van der Waals surface area (Å²) in [6, 6.07) is 10.5. The predicted molar refractivity (Wildman–Crippen MR) is 135 cm³/mol. The fourth-order valence-electron chi connectivity index (χ4n) is 3.92. The number of carbonyl (C=O) groups is 1. The number of nitrogens with one attached hydrogen (secondary N) is 1. The predicted octanol–water partition coefficient (Wildman–Crippen LogP) is 5.96. The molecule has 0 aliphatic carbocycles. The van der Waals surface area contributed by atoms with Crippen molar-refractivity contribution in [3.8, 4) is 5.75 Å². The number of nitrogens with zero attached hydrogens (tertiary/aromatic N) is 3. The summed E-state index contributed by atoms with van der Waals surface area (Å²) >= 11 is 1.39. The monoisotopic (exact) mass is 466 g/mol. The standard InChI is InChI=1S/C26H34N4O2S/c1-8-30-23(14-32-22-13-17(4)9-10-21(22)16(2)3)28-29-26(30)33-15-24(31)27-25-19(6)11-18(5)12-20(25)7/h9-13,16H,8,14-15H2,1-7H3,(H,27,31). The highest BCUT2D eigenvalue weighted by molar-refractivity contribution is 7.99. The van der Waals surface area contributed by atoms with Gasteiger partial charge in [-0.05, 0) is 68.9 Å². The van der Waals surface area contributed by atoms with Gasteiger partial charge in [0.25, 0.3) is 0 Å². The summed E-state index contributed by atoms with van der Waals surface area (Å²) in [5.74, 6) is 2.21. The van der Waals surface area contributed by atoms with Crippen LogP contribution in [0.2, 0.25) is 0 Å². The Morgan fingerprint density at radius 1 is 1.06 bits per heavy atom. The van der Waals surface area contributed by atoms with Crippen LogP contribution >= 0.6 is 11.8 Å². The first kappa shape index (κ1) is 24.8. The lowest BCUT2D eigenvalue weighted by Gasteiger charge is -2.15. The Labute approximate surface area is 201 Å². The van der Waals surface area contributed by atoms with Gasteiger partial charge in [-0.1, -0.05) is 55.4 Å². The summed E-state index contributed by atoms with van der Waals surface area (Å²) in [4.78, 5) is 12.6. The molecule has 2 aromatic carbocycles. The van der Waals surface area contributed by atoms with Crippen molar-refractivity contribution < 1.29 is 9.53 Å². The van der Waals surface area contributed by atoms with E-state index >= 15 is 0 Å². The normalized spacial score (nSPS) is 11.2. The van der Waals surface area contributed by atoms with Crippen LogP contribution in [0, 0.1) is 27.7 Å². The molecule has 0 aliphatic heterocycles. The van der Waals surface area contributed by atoms with Crippen LogP contribution in [0.25, 0.3) is 0 Å². The zero-order chi connectivity index (χ0) is 24.1. The third-order valence-electron chi connectivity index (χ3n) is 5.53. The molecular formula is C26H34N4O2S. The molecule has 0 saturated heterocycles. The number of aromatic nitrogens is 3. The van der Waals surface area contributed by atoms with Crippen molar-refractivity contribution >= 4 is 23.4 Å². The largest absolute Gasteiger partial charge is 0.485 e. The smallest absolute Gasteiger partial charge is 0.234 e. The average molecular weight is 467 g/mol. The Kier molecular flexibility index (Phi) is 8.19. The van der Waals surface area contributed by atoms with Crippen molar-refractivity contribution in [2.45, 2.75) is 72.7 Å². The molecule has 0 unspecified atom stereocenters. The van der Waals surface area contributed by atoms with E-state index in [2.05, 4.69) is 73.5 Å². The minimum Gasteiger partial charge on any atom is -0.485 e. The fraction of sp³-hybridized carbons (Fsp3) is 0.423. The van der Waals surface area contributed by atoms with Gasteiger partial charge in [0.1, 0.15) is 12.4 Å². The van der Waals surface area contributed by atoms with Gasteiger partial charge in [-0.2, -0.15) is 0 Å². The summed E-state index contributed by atoms with van der Waals surface area (Å²) in [6.45, 7) is 15.5. The van der Waals surface area contributed by atoms with E-state index in [1.165, 1.54) is 22.9 Å². The van der Waals surface area contributed by atoms with E-state index < -0.39 is 0 Å². The molecule has 0 atom stereocenters. The number of ether oxygens (including phenoxy) is 1. The molecule has 33 heavy (non-hydrogen) atoms. The first-order valence-corrected chi connectivity index (χ1v) is 12.3. The maximum atomic E-state index is 12.6. The van der Waals surface area contributed by atoms with Gasteiger partial charge in [0, 0.05) is 12.2 Å². The number of amides is 1. The highest BCUT2D eigenvalue weighted by Crippen LogP contribution is 2.28. The Hall–Kier alpha value is -2.80. The van der Waals surface area contributed by atoms with Crippen molar-refractivity contribution in [1.29, 1.82) is 0 Å². The van der Waals surface area contributed by atoms with Crippen molar-refractivity contribution in [3.05, 3.63) is 64.0 Å². The van der Waals surface area contributed by atoms with Crippen molar-refractivity contribution in [2.75, 3.05) is 11.1 Å². The van der Waals surface area contributed by atoms with E-state index in [0.29, 0.717) is 19.1 Å². The van der Waals surface area contributed by atoms with Crippen LogP contribution in [-0.2, 0) is 17.9 Å². The van der Waals surface area contributed by atoms with Gasteiger partial charge < -0.3 is 14.6 Å². The van der Waals surface area contributed by atoms with Crippen LogP contribution in [0.15, 0.2) is 35.5 Å². The third kappa shape index (κ3) is 6.16. The Bertz CT molecular complexity index is 1110. The van der Waals surface area contributed by atoms with Crippen LogP contribution in [0.3, 0.4) is 0 Å². The minimum absolute atomic E-state index is 0.0557. The van der Waals surface area contributed by atoms with E-state index in [-0.39, 0.29) is 11.7 Å². The topological polar surface area (TPSA) is 69.0 Å². The molecule has 176 valence electrons. The zero-order valence-corrected chi connectivity index (χ0v) is 21.5. The van der Waals surface area contributed by atoms with E-state index in [9.17, 15) is 4.79 Å². The third-order valence-corrected chi connectivity index (χ3v) is 6.50. The van der Waals surface area contributed by atoms with Crippen molar-refractivity contribution in [3.63, 3.8) is 0 Å². The van der Waals surface area contributed by atoms with E-state index in [1.807, 2.05) is 25.3 Å². The van der Waals surface area contributed by atoms with Gasteiger partial charge in [0.15, 0.2) is 11.0 Å². The molecule has 0 saturated carbocycles. The van der Waals surface area contributed by atoms with E-state index in [1.54, 1.807) is 0 Å². The lowest BCUT2D eigenvalue weighted by Crippen LogP contribution is -2.16. The molecule has 1 heterocycles. The molecule has 1 N–H and O–H groups in total. The fourth-order valence-corrected chi connectivity index (χ4v) is 4.74. The second-order valence-electron chi connectivity index (χ2n) is 8.74. The molecule has 3 rings (SSSR count). The molecule has 3 aromatic rings. The molecule has 7 heteroatoms. The average Bonchev–Trinajstić information content (AvgIpc) is 3.14. The summed E-state index contributed by atoms with van der Waals surface area (Å²) in [5, 5.41) is 12.4. The maximum Gasteiger partial charge on any atom is 0.234 e. The Morgan fingerprint density at radius 3 is 2.39 bits per heavy atom. The molecule has 0 spiro atoms. The summed E-state index contributed by atoms with van der Waals surface area (Å²) in [7, 11) is 0. The molecule has 1 aromatic heterocycles.